The van der Waals surface area contributed by atoms with Crippen LogP contribution in [-0.2, 0) is 13.0 Å². The van der Waals surface area contributed by atoms with Crippen molar-refractivity contribution < 1.29 is 4.79 Å². The molecule has 2 rings (SSSR count). The molecule has 1 amide bonds. The van der Waals surface area contributed by atoms with Crippen LogP contribution in [0.15, 0.2) is 24.7 Å². The fourth-order valence-corrected chi connectivity index (χ4v) is 2.77. The van der Waals surface area contributed by atoms with Crippen LogP contribution >= 0.6 is 22.9 Å². The van der Waals surface area contributed by atoms with Crippen LogP contribution in [0.4, 0.5) is 0 Å². The molecule has 4 nitrogen and oxygen atoms in total. The molecule has 0 saturated heterocycles. The van der Waals surface area contributed by atoms with E-state index in [4.69, 9.17) is 11.6 Å². The lowest BCUT2D eigenvalue weighted by molar-refractivity contribution is 0.0954. The van der Waals surface area contributed by atoms with Gasteiger partial charge in [0.25, 0.3) is 5.91 Å². The lowest BCUT2D eigenvalue weighted by atomic mass is 10.3. The van der Waals surface area contributed by atoms with Crippen LogP contribution in [0.1, 0.15) is 27.2 Å². The molecule has 0 unspecified atom stereocenters. The molecule has 94 valence electrons. The summed E-state index contributed by atoms with van der Waals surface area (Å²) < 4.78 is 0. The molecule has 0 saturated carbocycles. The van der Waals surface area contributed by atoms with Gasteiger partial charge in [0.1, 0.15) is 6.33 Å². The number of carbonyl (C=O) groups excluding carboxylic acids is 1. The van der Waals surface area contributed by atoms with Crippen molar-refractivity contribution in [3.8, 4) is 0 Å². The molecule has 2 aromatic heterocycles. The second-order valence-electron chi connectivity index (χ2n) is 3.62. The van der Waals surface area contributed by atoms with Crippen molar-refractivity contribution in [2.75, 3.05) is 0 Å². The molecular weight excluding hydrogens is 270 g/mol. The average Bonchev–Trinajstić information content (AvgIpc) is 2.78. The van der Waals surface area contributed by atoms with E-state index in [1.54, 1.807) is 18.3 Å². The second-order valence-corrected chi connectivity index (χ2v) is 5.16. The smallest absolute Gasteiger partial charge is 0.261 e. The van der Waals surface area contributed by atoms with Crippen LogP contribution in [0.2, 0.25) is 5.02 Å². The molecule has 0 aliphatic carbocycles. The Morgan fingerprint density at radius 2 is 2.39 bits per heavy atom. The fourth-order valence-electron chi connectivity index (χ4n) is 1.44. The van der Waals surface area contributed by atoms with Gasteiger partial charge in [-0.2, -0.15) is 0 Å². The zero-order valence-electron chi connectivity index (χ0n) is 9.81. The number of nitrogens with one attached hydrogen (secondary N) is 1. The molecule has 0 aliphatic rings. The predicted octanol–water partition coefficient (Wildman–Crippen LogP) is 2.68. The maximum atomic E-state index is 11.9. The Balaban J connectivity index is 1.99. The van der Waals surface area contributed by atoms with Crippen molar-refractivity contribution in [2.45, 2.75) is 19.9 Å². The van der Waals surface area contributed by atoms with Gasteiger partial charge in [-0.3, -0.25) is 4.79 Å². The quantitative estimate of drug-likeness (QED) is 0.937. The van der Waals surface area contributed by atoms with Gasteiger partial charge < -0.3 is 5.32 Å². The summed E-state index contributed by atoms with van der Waals surface area (Å²) in [6.07, 6.45) is 3.94. The Labute approximate surface area is 114 Å². The summed E-state index contributed by atoms with van der Waals surface area (Å²) in [6, 6.07) is 3.47. The van der Waals surface area contributed by atoms with Crippen LogP contribution in [-0.4, -0.2) is 15.9 Å². The molecule has 0 radical (unpaired) electrons. The number of nitrogens with zero attached hydrogens (tertiary/aromatic N) is 2. The van der Waals surface area contributed by atoms with E-state index < -0.39 is 0 Å². The Kier molecular flexibility index (Phi) is 4.28. The Hall–Kier alpha value is -1.46. The highest BCUT2D eigenvalue weighted by molar-refractivity contribution is 7.14. The molecule has 2 aromatic rings. The van der Waals surface area contributed by atoms with E-state index in [1.165, 1.54) is 17.7 Å². The zero-order chi connectivity index (χ0) is 13.0. The van der Waals surface area contributed by atoms with E-state index in [0.29, 0.717) is 16.4 Å². The Morgan fingerprint density at radius 1 is 1.56 bits per heavy atom. The molecule has 0 aliphatic heterocycles. The minimum atomic E-state index is -0.125. The average molecular weight is 282 g/mol. The van der Waals surface area contributed by atoms with Crippen molar-refractivity contribution in [3.05, 3.63) is 45.1 Å². The van der Waals surface area contributed by atoms with Crippen LogP contribution in [0.5, 0.6) is 0 Å². The molecule has 0 bridgehead atoms. The summed E-state index contributed by atoms with van der Waals surface area (Å²) in [7, 11) is 0. The van der Waals surface area contributed by atoms with Gasteiger partial charge in [-0.25, -0.2) is 9.97 Å². The normalized spacial score (nSPS) is 10.3. The third-order valence-corrected chi connectivity index (χ3v) is 4.10. The van der Waals surface area contributed by atoms with E-state index in [2.05, 4.69) is 15.3 Å². The fraction of sp³-hybridized carbons (Fsp3) is 0.250. The topological polar surface area (TPSA) is 54.9 Å². The van der Waals surface area contributed by atoms with Crippen molar-refractivity contribution in [3.63, 3.8) is 0 Å². The van der Waals surface area contributed by atoms with Crippen LogP contribution in [0.3, 0.4) is 0 Å². The van der Waals surface area contributed by atoms with E-state index in [0.717, 1.165) is 17.0 Å². The minimum Gasteiger partial charge on any atom is -0.346 e. The Morgan fingerprint density at radius 3 is 3.00 bits per heavy atom. The first-order valence-corrected chi connectivity index (χ1v) is 6.71. The molecule has 18 heavy (non-hydrogen) atoms. The summed E-state index contributed by atoms with van der Waals surface area (Å²) >= 11 is 7.44. The number of hydrogen-bond donors (Lipinski definition) is 1. The number of carbonyl (C=O) groups is 1. The van der Waals surface area contributed by atoms with Gasteiger partial charge >= 0.3 is 0 Å². The molecule has 0 aromatic carbocycles. The lowest BCUT2D eigenvalue weighted by Gasteiger charge is -2.01. The number of halogens is 1. The summed E-state index contributed by atoms with van der Waals surface area (Å²) in [6.45, 7) is 2.40. The SMILES string of the molecule is CCc1sc(C(=O)NCc2ccncn2)cc1Cl. The number of aromatic nitrogens is 2. The third-order valence-electron chi connectivity index (χ3n) is 2.38. The maximum Gasteiger partial charge on any atom is 0.261 e. The number of hydrogen-bond acceptors (Lipinski definition) is 4. The first-order valence-electron chi connectivity index (χ1n) is 5.52. The molecular formula is C12H12ClN3OS. The number of rotatable bonds is 4. The van der Waals surface area contributed by atoms with E-state index >= 15 is 0 Å². The zero-order valence-corrected chi connectivity index (χ0v) is 11.4. The molecule has 2 heterocycles. The highest BCUT2D eigenvalue weighted by atomic mass is 35.5. The van der Waals surface area contributed by atoms with Crippen molar-refractivity contribution in [1.82, 2.24) is 15.3 Å². The van der Waals surface area contributed by atoms with Crippen LogP contribution < -0.4 is 5.32 Å². The minimum absolute atomic E-state index is 0.125. The monoisotopic (exact) mass is 281 g/mol. The van der Waals surface area contributed by atoms with Gasteiger partial charge in [0.15, 0.2) is 0 Å². The lowest BCUT2D eigenvalue weighted by Crippen LogP contribution is -2.22. The first-order chi connectivity index (χ1) is 8.70. The van der Waals surface area contributed by atoms with Gasteiger partial charge in [0, 0.05) is 11.1 Å². The molecule has 0 atom stereocenters. The molecule has 0 fully saturated rings. The summed E-state index contributed by atoms with van der Waals surface area (Å²) in [5, 5.41) is 3.46. The standard InChI is InChI=1S/C12H12ClN3OS/c1-2-10-9(13)5-11(18-10)12(17)15-6-8-3-4-14-7-16-8/h3-5,7H,2,6H2,1H3,(H,15,17). The van der Waals surface area contributed by atoms with Crippen molar-refractivity contribution >= 4 is 28.8 Å². The highest BCUT2D eigenvalue weighted by Gasteiger charge is 2.12. The Bertz CT molecular complexity index is 542. The van der Waals surface area contributed by atoms with Crippen molar-refractivity contribution in [2.24, 2.45) is 0 Å². The number of aryl methyl sites for hydroxylation is 1. The van der Waals surface area contributed by atoms with Crippen molar-refractivity contribution in [1.29, 1.82) is 0 Å². The van der Waals surface area contributed by atoms with Gasteiger partial charge in [-0.1, -0.05) is 18.5 Å². The summed E-state index contributed by atoms with van der Waals surface area (Å²) in [4.78, 5) is 21.4. The van der Waals surface area contributed by atoms with Crippen LogP contribution in [0.25, 0.3) is 0 Å². The predicted molar refractivity (Wildman–Crippen MR) is 71.9 cm³/mol. The third kappa shape index (κ3) is 3.05. The highest BCUT2D eigenvalue weighted by Crippen LogP contribution is 2.27. The first kappa shape index (κ1) is 13.0. The van der Waals surface area contributed by atoms with E-state index in [1.807, 2.05) is 6.92 Å². The van der Waals surface area contributed by atoms with Gasteiger partial charge in [0.2, 0.25) is 0 Å². The largest absolute Gasteiger partial charge is 0.346 e. The van der Waals surface area contributed by atoms with E-state index in [9.17, 15) is 4.79 Å². The molecule has 0 spiro atoms. The maximum absolute atomic E-state index is 11.9. The summed E-state index contributed by atoms with van der Waals surface area (Å²) in [5.41, 5.74) is 0.775. The van der Waals surface area contributed by atoms with Gasteiger partial charge in [-0.05, 0) is 18.6 Å². The van der Waals surface area contributed by atoms with E-state index in [-0.39, 0.29) is 5.91 Å². The molecule has 6 heteroatoms. The second kappa shape index (κ2) is 5.93. The van der Waals surface area contributed by atoms with Crippen LogP contribution in [0, 0.1) is 0 Å². The molecule has 1 N–H and O–H groups in total. The number of thiophene rings is 1. The van der Waals surface area contributed by atoms with Gasteiger partial charge in [0.05, 0.1) is 22.1 Å². The summed E-state index contributed by atoms with van der Waals surface area (Å²) in [5.74, 6) is -0.125. The number of amides is 1. The van der Waals surface area contributed by atoms with Gasteiger partial charge in [-0.15, -0.1) is 11.3 Å².